The number of carbonyl (C=O) groups is 1. The molecular formula is C13H16ClNO5S. The zero-order valence-electron chi connectivity index (χ0n) is 11.4. The maximum Gasteiger partial charge on any atom is 0.304 e. The number of benzene rings is 1. The van der Waals surface area contributed by atoms with Crippen LogP contribution in [0.3, 0.4) is 0 Å². The lowest BCUT2D eigenvalue weighted by Gasteiger charge is -2.17. The maximum absolute atomic E-state index is 12.4. The van der Waals surface area contributed by atoms with Crippen molar-refractivity contribution in [3.8, 4) is 5.75 Å². The summed E-state index contributed by atoms with van der Waals surface area (Å²) in [4.78, 5) is 10.8. The average molecular weight is 334 g/mol. The molecule has 116 valence electrons. The third-order valence-electron chi connectivity index (χ3n) is 3.31. The van der Waals surface area contributed by atoms with Gasteiger partial charge in [-0.15, -0.1) is 0 Å². The third kappa shape index (κ3) is 4.09. The van der Waals surface area contributed by atoms with Crippen molar-refractivity contribution in [1.29, 1.82) is 0 Å². The first-order valence-electron chi connectivity index (χ1n) is 6.41. The Labute approximate surface area is 128 Å². The van der Waals surface area contributed by atoms with Gasteiger partial charge in [-0.25, -0.2) is 13.1 Å². The second-order valence-electron chi connectivity index (χ2n) is 4.96. The smallest absolute Gasteiger partial charge is 0.304 e. The molecule has 1 aliphatic rings. The molecule has 0 aliphatic heterocycles. The summed E-state index contributed by atoms with van der Waals surface area (Å²) in [6.45, 7) is 0. The second-order valence-corrected chi connectivity index (χ2v) is 7.08. The minimum absolute atomic E-state index is 0.0505. The number of hydrogen-bond acceptors (Lipinski definition) is 4. The van der Waals surface area contributed by atoms with Crippen molar-refractivity contribution in [1.82, 2.24) is 4.72 Å². The summed E-state index contributed by atoms with van der Waals surface area (Å²) in [5, 5.41) is 9.24. The highest BCUT2D eigenvalue weighted by Gasteiger charge is 2.36. The van der Waals surface area contributed by atoms with Crippen molar-refractivity contribution in [2.75, 3.05) is 7.11 Å². The topological polar surface area (TPSA) is 92.7 Å². The Hall–Kier alpha value is -1.31. The zero-order chi connectivity index (χ0) is 15.6. The van der Waals surface area contributed by atoms with Gasteiger partial charge in [0.25, 0.3) is 0 Å². The first-order chi connectivity index (χ1) is 9.83. The lowest BCUT2D eigenvalue weighted by atomic mass is 10.1. The van der Waals surface area contributed by atoms with Crippen LogP contribution in [0.4, 0.5) is 0 Å². The highest BCUT2D eigenvalue weighted by Crippen LogP contribution is 2.35. The van der Waals surface area contributed by atoms with Gasteiger partial charge in [-0.2, -0.15) is 0 Å². The molecule has 1 atom stereocenters. The first kappa shape index (κ1) is 16.1. The van der Waals surface area contributed by atoms with Crippen LogP contribution in [0.15, 0.2) is 23.1 Å². The van der Waals surface area contributed by atoms with E-state index in [-0.39, 0.29) is 23.0 Å². The van der Waals surface area contributed by atoms with Gasteiger partial charge in [-0.1, -0.05) is 11.6 Å². The molecule has 8 heteroatoms. The lowest BCUT2D eigenvalue weighted by molar-refractivity contribution is -0.137. The van der Waals surface area contributed by atoms with E-state index in [1.165, 1.54) is 25.3 Å². The molecule has 0 aromatic heterocycles. The number of carboxylic acids is 1. The average Bonchev–Trinajstić information content (AvgIpc) is 3.20. The van der Waals surface area contributed by atoms with Gasteiger partial charge in [0.05, 0.1) is 13.5 Å². The standard InChI is InChI=1S/C13H16ClNO5S/c1-20-11-6-9(14)4-5-12(11)21(18,19)15-10(7-13(16)17)8-2-3-8/h4-6,8,10,15H,2-3,7H2,1H3,(H,16,17). The van der Waals surface area contributed by atoms with Gasteiger partial charge in [0.15, 0.2) is 0 Å². The van der Waals surface area contributed by atoms with Crippen molar-refractivity contribution in [2.45, 2.75) is 30.2 Å². The van der Waals surface area contributed by atoms with Gasteiger partial charge in [0, 0.05) is 17.1 Å². The van der Waals surface area contributed by atoms with Gasteiger partial charge in [0.1, 0.15) is 10.6 Å². The molecular weight excluding hydrogens is 318 g/mol. The van der Waals surface area contributed by atoms with Gasteiger partial charge in [0.2, 0.25) is 10.0 Å². The maximum atomic E-state index is 12.4. The van der Waals surface area contributed by atoms with Crippen LogP contribution in [0.25, 0.3) is 0 Å². The van der Waals surface area contributed by atoms with Crippen LogP contribution < -0.4 is 9.46 Å². The number of aliphatic carboxylic acids is 1. The zero-order valence-corrected chi connectivity index (χ0v) is 12.9. The number of nitrogens with one attached hydrogen (secondary N) is 1. The van der Waals surface area contributed by atoms with Gasteiger partial charge < -0.3 is 9.84 Å². The van der Waals surface area contributed by atoms with Crippen molar-refractivity contribution in [3.63, 3.8) is 0 Å². The molecule has 0 saturated heterocycles. The summed E-state index contributed by atoms with van der Waals surface area (Å²) >= 11 is 5.81. The summed E-state index contributed by atoms with van der Waals surface area (Å²) < 4.78 is 32.3. The van der Waals surface area contributed by atoms with E-state index in [1.54, 1.807) is 0 Å². The SMILES string of the molecule is COc1cc(Cl)ccc1S(=O)(=O)NC(CC(=O)O)C1CC1. The molecule has 1 aliphatic carbocycles. The first-order valence-corrected chi connectivity index (χ1v) is 8.27. The van der Waals surface area contributed by atoms with E-state index in [0.717, 1.165) is 12.8 Å². The number of ether oxygens (including phenoxy) is 1. The molecule has 2 rings (SSSR count). The molecule has 0 heterocycles. The Balaban J connectivity index is 2.26. The summed E-state index contributed by atoms with van der Waals surface area (Å²) in [6, 6.07) is 3.59. The van der Waals surface area contributed by atoms with Crippen molar-refractivity contribution in [2.24, 2.45) is 5.92 Å². The molecule has 1 fully saturated rings. The summed E-state index contributed by atoms with van der Waals surface area (Å²) in [7, 11) is -2.52. The highest BCUT2D eigenvalue weighted by molar-refractivity contribution is 7.89. The van der Waals surface area contributed by atoms with Crippen molar-refractivity contribution < 1.29 is 23.1 Å². The van der Waals surface area contributed by atoms with Crippen molar-refractivity contribution in [3.05, 3.63) is 23.2 Å². The van der Waals surface area contributed by atoms with E-state index in [1.807, 2.05) is 0 Å². The van der Waals surface area contributed by atoms with Gasteiger partial charge in [-0.3, -0.25) is 4.79 Å². The predicted octanol–water partition coefficient (Wildman–Crippen LogP) is 1.88. The minimum atomic E-state index is -3.87. The number of rotatable bonds is 7. The predicted molar refractivity (Wildman–Crippen MR) is 77.1 cm³/mol. The van der Waals surface area contributed by atoms with E-state index in [0.29, 0.717) is 5.02 Å². The molecule has 1 saturated carbocycles. The molecule has 0 spiro atoms. The Kier molecular flexibility index (Phi) is 4.75. The molecule has 0 amide bonds. The van der Waals surface area contributed by atoms with Crippen LogP contribution in [-0.4, -0.2) is 32.6 Å². The number of hydrogen-bond donors (Lipinski definition) is 2. The normalized spacial score (nSPS) is 16.5. The van der Waals surface area contributed by atoms with Crippen LogP contribution in [0.2, 0.25) is 5.02 Å². The van der Waals surface area contributed by atoms with E-state index < -0.39 is 22.0 Å². The molecule has 1 aromatic carbocycles. The fourth-order valence-corrected chi connectivity index (χ4v) is 3.74. The quantitative estimate of drug-likeness (QED) is 0.794. The molecule has 0 bridgehead atoms. The number of halogens is 1. The molecule has 1 unspecified atom stereocenters. The Bertz CT molecular complexity index is 642. The molecule has 21 heavy (non-hydrogen) atoms. The van der Waals surface area contributed by atoms with E-state index in [4.69, 9.17) is 21.4 Å². The van der Waals surface area contributed by atoms with Crippen LogP contribution in [0, 0.1) is 5.92 Å². The lowest BCUT2D eigenvalue weighted by Crippen LogP contribution is -2.38. The minimum Gasteiger partial charge on any atom is -0.495 e. The summed E-state index contributed by atoms with van der Waals surface area (Å²) in [5.41, 5.74) is 0. The van der Waals surface area contributed by atoms with E-state index >= 15 is 0 Å². The number of methoxy groups -OCH3 is 1. The van der Waals surface area contributed by atoms with Crippen LogP contribution in [-0.2, 0) is 14.8 Å². The molecule has 6 nitrogen and oxygen atoms in total. The second kappa shape index (κ2) is 6.21. The summed E-state index contributed by atoms with van der Waals surface area (Å²) in [6.07, 6.45) is 1.43. The molecule has 2 N–H and O–H groups in total. The fourth-order valence-electron chi connectivity index (χ4n) is 2.12. The fraction of sp³-hybridized carbons (Fsp3) is 0.462. The van der Waals surface area contributed by atoms with Gasteiger partial charge >= 0.3 is 5.97 Å². The Morgan fingerprint density at radius 3 is 2.71 bits per heavy atom. The molecule has 1 aromatic rings. The van der Waals surface area contributed by atoms with E-state index in [9.17, 15) is 13.2 Å². The Morgan fingerprint density at radius 2 is 2.19 bits per heavy atom. The largest absolute Gasteiger partial charge is 0.495 e. The van der Waals surface area contributed by atoms with Crippen LogP contribution in [0.1, 0.15) is 19.3 Å². The number of sulfonamides is 1. The van der Waals surface area contributed by atoms with Crippen LogP contribution in [0.5, 0.6) is 5.75 Å². The monoisotopic (exact) mass is 333 g/mol. The van der Waals surface area contributed by atoms with Crippen LogP contribution >= 0.6 is 11.6 Å². The Morgan fingerprint density at radius 1 is 1.52 bits per heavy atom. The van der Waals surface area contributed by atoms with E-state index in [2.05, 4.69) is 4.72 Å². The molecule has 0 radical (unpaired) electrons. The van der Waals surface area contributed by atoms with Crippen molar-refractivity contribution >= 4 is 27.6 Å². The summed E-state index contributed by atoms with van der Waals surface area (Å²) in [5.74, 6) is -0.827. The number of carboxylic acid groups (broad SMARTS) is 1. The third-order valence-corrected chi connectivity index (χ3v) is 5.07. The van der Waals surface area contributed by atoms with Gasteiger partial charge in [-0.05, 0) is 30.9 Å². The highest BCUT2D eigenvalue weighted by atomic mass is 35.5.